The first-order chi connectivity index (χ1) is 10.0. The lowest BCUT2D eigenvalue weighted by Gasteiger charge is -2.10. The fourth-order valence-corrected chi connectivity index (χ4v) is 2.63. The Hall–Kier alpha value is -2.28. The molecule has 1 aromatic carbocycles. The van der Waals surface area contributed by atoms with Gasteiger partial charge in [0, 0.05) is 6.54 Å². The molecule has 3 N–H and O–H groups in total. The SMILES string of the molecule is COc1ccc(CNC(=O)c2sc(N)nc2C)cc1OC. The Morgan fingerprint density at radius 2 is 2.05 bits per heavy atom. The van der Waals surface area contributed by atoms with Crippen LogP contribution >= 0.6 is 11.3 Å². The molecular weight excluding hydrogens is 290 g/mol. The standard InChI is InChI=1S/C14H17N3O3S/c1-8-12(21-14(15)17-8)13(18)16-7-9-4-5-10(19-2)11(6-9)20-3/h4-6H,7H2,1-3H3,(H2,15,17)(H,16,18). The summed E-state index contributed by atoms with van der Waals surface area (Å²) in [5, 5.41) is 3.23. The van der Waals surface area contributed by atoms with Crippen LogP contribution in [0.3, 0.4) is 0 Å². The van der Waals surface area contributed by atoms with E-state index in [2.05, 4.69) is 10.3 Å². The van der Waals surface area contributed by atoms with Crippen molar-refractivity contribution in [3.63, 3.8) is 0 Å². The summed E-state index contributed by atoms with van der Waals surface area (Å²) >= 11 is 1.18. The predicted octanol–water partition coefficient (Wildman–Crippen LogP) is 1.98. The summed E-state index contributed by atoms with van der Waals surface area (Å²) in [5.74, 6) is 1.10. The van der Waals surface area contributed by atoms with Crippen LogP contribution in [-0.2, 0) is 6.54 Å². The zero-order chi connectivity index (χ0) is 15.4. The van der Waals surface area contributed by atoms with Gasteiger partial charge < -0.3 is 20.5 Å². The highest BCUT2D eigenvalue weighted by Crippen LogP contribution is 2.27. The summed E-state index contributed by atoms with van der Waals surface area (Å²) in [7, 11) is 3.15. The molecule has 21 heavy (non-hydrogen) atoms. The van der Waals surface area contributed by atoms with Gasteiger partial charge in [-0.1, -0.05) is 17.4 Å². The maximum absolute atomic E-state index is 12.1. The van der Waals surface area contributed by atoms with E-state index in [0.717, 1.165) is 5.56 Å². The van der Waals surface area contributed by atoms with Crippen LogP contribution in [0.5, 0.6) is 11.5 Å². The van der Waals surface area contributed by atoms with Crippen molar-refractivity contribution < 1.29 is 14.3 Å². The first-order valence-electron chi connectivity index (χ1n) is 6.27. The first kappa shape index (κ1) is 15.1. The molecule has 7 heteroatoms. The molecule has 0 radical (unpaired) electrons. The Morgan fingerprint density at radius 1 is 1.33 bits per heavy atom. The molecule has 6 nitrogen and oxygen atoms in total. The number of rotatable bonds is 5. The van der Waals surface area contributed by atoms with Crippen molar-refractivity contribution in [3.8, 4) is 11.5 Å². The van der Waals surface area contributed by atoms with Crippen LogP contribution in [0, 0.1) is 6.92 Å². The van der Waals surface area contributed by atoms with Crippen LogP contribution in [0.1, 0.15) is 20.9 Å². The average Bonchev–Trinajstić information content (AvgIpc) is 2.83. The Labute approximate surface area is 126 Å². The first-order valence-corrected chi connectivity index (χ1v) is 7.08. The van der Waals surface area contributed by atoms with Crippen molar-refractivity contribution in [3.05, 3.63) is 34.3 Å². The van der Waals surface area contributed by atoms with Gasteiger partial charge in [-0.15, -0.1) is 0 Å². The number of ether oxygens (including phenoxy) is 2. The van der Waals surface area contributed by atoms with E-state index in [1.165, 1.54) is 11.3 Å². The monoisotopic (exact) mass is 307 g/mol. The van der Waals surface area contributed by atoms with E-state index in [-0.39, 0.29) is 5.91 Å². The highest BCUT2D eigenvalue weighted by atomic mass is 32.1. The largest absolute Gasteiger partial charge is 0.493 e. The average molecular weight is 307 g/mol. The molecule has 1 amide bonds. The van der Waals surface area contributed by atoms with Gasteiger partial charge in [-0.05, 0) is 24.6 Å². The Balaban J connectivity index is 2.06. The number of anilines is 1. The van der Waals surface area contributed by atoms with Gasteiger partial charge >= 0.3 is 0 Å². The molecule has 1 heterocycles. The number of aromatic nitrogens is 1. The minimum atomic E-state index is -0.184. The topological polar surface area (TPSA) is 86.5 Å². The number of methoxy groups -OCH3 is 2. The molecule has 1 aromatic heterocycles. The van der Waals surface area contributed by atoms with E-state index in [9.17, 15) is 4.79 Å². The van der Waals surface area contributed by atoms with E-state index >= 15 is 0 Å². The van der Waals surface area contributed by atoms with Gasteiger partial charge in [-0.3, -0.25) is 4.79 Å². The second-order valence-electron chi connectivity index (χ2n) is 4.34. The minimum absolute atomic E-state index is 0.184. The summed E-state index contributed by atoms with van der Waals surface area (Å²) in [6, 6.07) is 5.50. The van der Waals surface area contributed by atoms with Crippen molar-refractivity contribution in [1.82, 2.24) is 10.3 Å². The minimum Gasteiger partial charge on any atom is -0.493 e. The molecular formula is C14H17N3O3S. The number of hydrogen-bond donors (Lipinski definition) is 2. The maximum Gasteiger partial charge on any atom is 0.263 e. The van der Waals surface area contributed by atoms with Crippen LogP contribution in [0.25, 0.3) is 0 Å². The summed E-state index contributed by atoms with van der Waals surface area (Å²) in [6.07, 6.45) is 0. The molecule has 112 valence electrons. The third-order valence-electron chi connectivity index (χ3n) is 2.92. The van der Waals surface area contributed by atoms with Gasteiger partial charge in [0.1, 0.15) is 4.88 Å². The van der Waals surface area contributed by atoms with Gasteiger partial charge in [0.15, 0.2) is 16.6 Å². The molecule has 0 saturated heterocycles. The lowest BCUT2D eigenvalue weighted by Crippen LogP contribution is -2.22. The molecule has 0 spiro atoms. The van der Waals surface area contributed by atoms with Crippen molar-refractivity contribution in [2.24, 2.45) is 0 Å². The summed E-state index contributed by atoms with van der Waals surface area (Å²) in [5.41, 5.74) is 7.15. The van der Waals surface area contributed by atoms with Crippen molar-refractivity contribution in [2.75, 3.05) is 20.0 Å². The van der Waals surface area contributed by atoms with Crippen LogP contribution in [0.4, 0.5) is 5.13 Å². The lowest BCUT2D eigenvalue weighted by atomic mass is 10.2. The van der Waals surface area contributed by atoms with Crippen molar-refractivity contribution in [1.29, 1.82) is 0 Å². The summed E-state index contributed by atoms with van der Waals surface area (Å²) in [6.45, 7) is 2.15. The molecule has 0 aliphatic rings. The molecule has 2 aromatic rings. The smallest absolute Gasteiger partial charge is 0.263 e. The number of amides is 1. The van der Waals surface area contributed by atoms with Crippen molar-refractivity contribution >= 4 is 22.4 Å². The molecule has 0 atom stereocenters. The molecule has 0 fully saturated rings. The fourth-order valence-electron chi connectivity index (χ4n) is 1.88. The molecule has 0 saturated carbocycles. The molecule has 2 rings (SSSR count). The Morgan fingerprint density at radius 3 is 2.62 bits per heavy atom. The summed E-state index contributed by atoms with van der Waals surface area (Å²) < 4.78 is 10.4. The summed E-state index contributed by atoms with van der Waals surface area (Å²) in [4.78, 5) is 16.6. The number of carbonyl (C=O) groups excluding carboxylic acids is 1. The van der Waals surface area contributed by atoms with Gasteiger partial charge in [0.2, 0.25) is 0 Å². The maximum atomic E-state index is 12.1. The quantitative estimate of drug-likeness (QED) is 0.882. The fraction of sp³-hybridized carbons (Fsp3) is 0.286. The number of aryl methyl sites for hydroxylation is 1. The highest BCUT2D eigenvalue weighted by Gasteiger charge is 2.14. The lowest BCUT2D eigenvalue weighted by molar-refractivity contribution is 0.0954. The van der Waals surface area contributed by atoms with E-state index in [1.54, 1.807) is 27.2 Å². The second kappa shape index (κ2) is 6.45. The van der Waals surface area contributed by atoms with Crippen LogP contribution in [-0.4, -0.2) is 25.1 Å². The number of nitrogens with two attached hydrogens (primary N) is 1. The van der Waals surface area contributed by atoms with Crippen LogP contribution in [0.2, 0.25) is 0 Å². The zero-order valence-corrected chi connectivity index (χ0v) is 12.9. The van der Waals surface area contributed by atoms with Gasteiger partial charge in [-0.2, -0.15) is 0 Å². The van der Waals surface area contributed by atoms with Crippen LogP contribution in [0.15, 0.2) is 18.2 Å². The van der Waals surface area contributed by atoms with Crippen molar-refractivity contribution in [2.45, 2.75) is 13.5 Å². The van der Waals surface area contributed by atoms with Gasteiger partial charge in [0.05, 0.1) is 19.9 Å². The third kappa shape index (κ3) is 3.43. The number of thiazole rings is 1. The molecule has 0 aliphatic heterocycles. The normalized spacial score (nSPS) is 10.2. The van der Waals surface area contributed by atoms with E-state index in [1.807, 2.05) is 12.1 Å². The Kier molecular flexibility index (Phi) is 4.64. The number of nitrogens with one attached hydrogen (secondary N) is 1. The number of nitrogen functional groups attached to an aromatic ring is 1. The third-order valence-corrected chi connectivity index (χ3v) is 3.91. The second-order valence-corrected chi connectivity index (χ2v) is 5.37. The molecule has 0 bridgehead atoms. The highest BCUT2D eigenvalue weighted by molar-refractivity contribution is 7.17. The van der Waals surface area contributed by atoms with Gasteiger partial charge in [0.25, 0.3) is 5.91 Å². The zero-order valence-electron chi connectivity index (χ0n) is 12.1. The predicted molar refractivity (Wildman–Crippen MR) is 82.0 cm³/mol. The molecule has 0 unspecified atom stereocenters. The van der Waals surface area contributed by atoms with E-state index < -0.39 is 0 Å². The number of hydrogen-bond acceptors (Lipinski definition) is 6. The van der Waals surface area contributed by atoms with Gasteiger partial charge in [-0.25, -0.2) is 4.98 Å². The van der Waals surface area contributed by atoms with Crippen LogP contribution < -0.4 is 20.5 Å². The Bertz CT molecular complexity index is 655. The van der Waals surface area contributed by atoms with E-state index in [4.69, 9.17) is 15.2 Å². The number of carbonyl (C=O) groups is 1. The number of benzene rings is 1. The molecule has 0 aliphatic carbocycles. The van der Waals surface area contributed by atoms with E-state index in [0.29, 0.717) is 33.7 Å². The number of nitrogens with zero attached hydrogens (tertiary/aromatic N) is 1.